The summed E-state index contributed by atoms with van der Waals surface area (Å²) in [7, 11) is 1.38. The lowest BCUT2D eigenvalue weighted by Crippen LogP contribution is -2.41. The van der Waals surface area contributed by atoms with Gasteiger partial charge >= 0.3 is 7.12 Å². The number of hydrogen-bond acceptors (Lipinski definition) is 5. The summed E-state index contributed by atoms with van der Waals surface area (Å²) in [6, 6.07) is 5.64. The van der Waals surface area contributed by atoms with E-state index in [1.54, 1.807) is 7.05 Å². The van der Waals surface area contributed by atoms with Crippen LogP contribution < -0.4 is 10.8 Å². The molecule has 5 nitrogen and oxygen atoms in total. The van der Waals surface area contributed by atoms with Gasteiger partial charge in [0.25, 0.3) is 0 Å². The molecule has 2 N–H and O–H groups in total. The van der Waals surface area contributed by atoms with Gasteiger partial charge in [0, 0.05) is 7.05 Å². The maximum Gasteiger partial charge on any atom is 0.494 e. The summed E-state index contributed by atoms with van der Waals surface area (Å²) in [6.07, 6.45) is 0. The summed E-state index contributed by atoms with van der Waals surface area (Å²) in [6.45, 7) is 8.07. The van der Waals surface area contributed by atoms with Crippen molar-refractivity contribution in [1.82, 2.24) is 0 Å². The van der Waals surface area contributed by atoms with E-state index in [0.29, 0.717) is 5.69 Å². The van der Waals surface area contributed by atoms with Gasteiger partial charge in [0.1, 0.15) is 5.69 Å². The zero-order chi connectivity index (χ0) is 14.3. The number of rotatable bonds is 3. The lowest BCUT2D eigenvalue weighted by atomic mass is 9.79. The minimum atomic E-state index is -0.420. The molecule has 6 heteroatoms. The van der Waals surface area contributed by atoms with Crippen LogP contribution in [0.3, 0.4) is 0 Å². The fraction of sp³-hybridized carbons (Fsp3) is 0.538. The molecule has 0 amide bonds. The first kappa shape index (κ1) is 14.0. The number of hydrogen-bond donors (Lipinski definition) is 2. The molecule has 1 saturated heterocycles. The second-order valence-electron chi connectivity index (χ2n) is 5.73. The van der Waals surface area contributed by atoms with Gasteiger partial charge in [-0.15, -0.1) is 0 Å². The molecule has 1 aromatic rings. The summed E-state index contributed by atoms with van der Waals surface area (Å²) < 4.78 is 12.0. The lowest BCUT2D eigenvalue weighted by Gasteiger charge is -2.32. The highest BCUT2D eigenvalue weighted by Gasteiger charge is 2.51. The zero-order valence-corrected chi connectivity index (χ0v) is 12.1. The van der Waals surface area contributed by atoms with Gasteiger partial charge in [-0.3, -0.25) is 0 Å². The van der Waals surface area contributed by atoms with Gasteiger partial charge in [0.05, 0.1) is 16.9 Å². The van der Waals surface area contributed by atoms with Crippen LogP contribution in [0.4, 0.5) is 11.4 Å². The molecule has 0 unspecified atom stereocenters. The molecular weight excluding hydrogens is 241 g/mol. The number of benzene rings is 1. The molecule has 0 atom stereocenters. The van der Waals surface area contributed by atoms with Gasteiger partial charge in [0.15, 0.2) is 0 Å². The van der Waals surface area contributed by atoms with Crippen LogP contribution in [-0.4, -0.2) is 25.4 Å². The first-order valence-corrected chi connectivity index (χ1v) is 6.35. The van der Waals surface area contributed by atoms with Crippen molar-refractivity contribution in [3.63, 3.8) is 0 Å². The van der Waals surface area contributed by atoms with Crippen molar-refractivity contribution < 1.29 is 9.31 Å². The van der Waals surface area contributed by atoms with Crippen LogP contribution in [0.15, 0.2) is 23.3 Å². The van der Waals surface area contributed by atoms with Gasteiger partial charge in [-0.25, -0.2) is 5.53 Å². The molecule has 1 heterocycles. The molecule has 0 radical (unpaired) electrons. The van der Waals surface area contributed by atoms with Gasteiger partial charge in [-0.05, 0) is 45.3 Å². The predicted molar refractivity (Wildman–Crippen MR) is 76.5 cm³/mol. The Balaban J connectivity index is 2.32. The average Bonchev–Trinajstić information content (AvgIpc) is 2.57. The summed E-state index contributed by atoms with van der Waals surface area (Å²) in [5.74, 6) is 0. The molecule has 1 aliphatic heterocycles. The average molecular weight is 261 g/mol. The Bertz CT molecular complexity index is 487. The molecular formula is C13H20BN3O2. The second-order valence-corrected chi connectivity index (χ2v) is 5.73. The second kappa shape index (κ2) is 4.61. The predicted octanol–water partition coefficient (Wildman–Crippen LogP) is 2.69. The van der Waals surface area contributed by atoms with Crippen molar-refractivity contribution in [2.75, 3.05) is 12.4 Å². The first-order chi connectivity index (χ1) is 8.80. The van der Waals surface area contributed by atoms with E-state index >= 15 is 0 Å². The minimum absolute atomic E-state index is 0.363. The molecule has 1 aliphatic rings. The van der Waals surface area contributed by atoms with E-state index in [4.69, 9.17) is 14.8 Å². The van der Waals surface area contributed by atoms with Crippen LogP contribution in [0.5, 0.6) is 0 Å². The Hall–Kier alpha value is -1.40. The molecule has 1 aromatic carbocycles. The molecule has 0 aromatic heterocycles. The maximum atomic E-state index is 7.21. The first-order valence-electron chi connectivity index (χ1n) is 6.35. The van der Waals surface area contributed by atoms with Gasteiger partial charge in [0.2, 0.25) is 0 Å². The molecule has 0 spiro atoms. The summed E-state index contributed by atoms with van der Waals surface area (Å²) in [5, 5.41) is 6.52. The van der Waals surface area contributed by atoms with Crippen molar-refractivity contribution in [1.29, 1.82) is 5.53 Å². The molecule has 19 heavy (non-hydrogen) atoms. The molecule has 0 aliphatic carbocycles. The third kappa shape index (κ3) is 2.38. The third-order valence-corrected chi connectivity index (χ3v) is 3.94. The van der Waals surface area contributed by atoms with Crippen LogP contribution in [0.25, 0.3) is 0 Å². The van der Waals surface area contributed by atoms with Gasteiger partial charge in [-0.2, -0.15) is 5.11 Å². The van der Waals surface area contributed by atoms with Crippen molar-refractivity contribution in [2.45, 2.75) is 38.9 Å². The van der Waals surface area contributed by atoms with E-state index in [2.05, 4.69) is 10.4 Å². The molecule has 0 bridgehead atoms. The quantitative estimate of drug-likeness (QED) is 0.649. The maximum absolute atomic E-state index is 7.21. The molecule has 2 rings (SSSR count). The smallest absolute Gasteiger partial charge is 0.399 e. The van der Waals surface area contributed by atoms with E-state index in [1.807, 2.05) is 45.9 Å². The normalized spacial score (nSPS) is 20.4. The Labute approximate surface area is 114 Å². The van der Waals surface area contributed by atoms with Crippen molar-refractivity contribution in [2.24, 2.45) is 5.11 Å². The summed E-state index contributed by atoms with van der Waals surface area (Å²) in [5.41, 5.74) is 8.76. The van der Waals surface area contributed by atoms with E-state index in [1.165, 1.54) is 0 Å². The van der Waals surface area contributed by atoms with E-state index < -0.39 is 7.12 Å². The summed E-state index contributed by atoms with van der Waals surface area (Å²) >= 11 is 0. The monoisotopic (exact) mass is 261 g/mol. The number of nitrogens with one attached hydrogen (secondary N) is 2. The fourth-order valence-corrected chi connectivity index (χ4v) is 1.98. The van der Waals surface area contributed by atoms with Gasteiger partial charge < -0.3 is 14.6 Å². The Morgan fingerprint density at radius 1 is 1.16 bits per heavy atom. The Morgan fingerprint density at radius 2 is 1.74 bits per heavy atom. The Kier molecular flexibility index (Phi) is 3.41. The number of anilines is 1. The van der Waals surface area contributed by atoms with Crippen LogP contribution in [0.2, 0.25) is 0 Å². The van der Waals surface area contributed by atoms with Crippen molar-refractivity contribution >= 4 is 24.0 Å². The minimum Gasteiger partial charge on any atom is -0.399 e. The Morgan fingerprint density at radius 3 is 2.21 bits per heavy atom. The standard InChI is InChI=1S/C13H20BN3O2/c1-12(2)13(3,4)19-14(18-12)9-6-7-10(16-5)11(8-9)17-15/h6-8,15-16H,1-5H3. The number of nitrogens with zero attached hydrogens (tertiary/aromatic N) is 1. The van der Waals surface area contributed by atoms with E-state index in [0.717, 1.165) is 11.2 Å². The van der Waals surface area contributed by atoms with Crippen molar-refractivity contribution in [3.05, 3.63) is 18.2 Å². The van der Waals surface area contributed by atoms with Crippen LogP contribution in [0.1, 0.15) is 27.7 Å². The van der Waals surface area contributed by atoms with Crippen LogP contribution in [0, 0.1) is 5.53 Å². The van der Waals surface area contributed by atoms with Gasteiger partial charge in [-0.1, -0.05) is 6.07 Å². The highest BCUT2D eigenvalue weighted by atomic mass is 16.7. The highest BCUT2D eigenvalue weighted by Crippen LogP contribution is 2.37. The lowest BCUT2D eigenvalue weighted by molar-refractivity contribution is 0.00578. The van der Waals surface area contributed by atoms with E-state index in [9.17, 15) is 0 Å². The van der Waals surface area contributed by atoms with E-state index in [-0.39, 0.29) is 11.2 Å². The fourth-order valence-electron chi connectivity index (χ4n) is 1.98. The third-order valence-electron chi connectivity index (χ3n) is 3.94. The van der Waals surface area contributed by atoms with Crippen molar-refractivity contribution in [3.8, 4) is 0 Å². The summed E-state index contributed by atoms with van der Waals surface area (Å²) in [4.78, 5) is 0. The zero-order valence-electron chi connectivity index (χ0n) is 12.1. The highest BCUT2D eigenvalue weighted by molar-refractivity contribution is 6.62. The van der Waals surface area contributed by atoms with Crippen LogP contribution in [-0.2, 0) is 9.31 Å². The largest absolute Gasteiger partial charge is 0.494 e. The topological polar surface area (TPSA) is 66.7 Å². The molecule has 0 saturated carbocycles. The SMILES string of the molecule is CNc1ccc(B2OC(C)(C)C(C)(C)O2)cc1N=N. The van der Waals surface area contributed by atoms with Crippen LogP contribution >= 0.6 is 0 Å². The molecule has 1 fully saturated rings. The molecule has 102 valence electrons.